The number of halogens is 2. The molecule has 1 saturated heterocycles. The first-order valence-corrected chi connectivity index (χ1v) is 11.5. The van der Waals surface area contributed by atoms with Crippen molar-refractivity contribution in [2.75, 3.05) is 20.1 Å². The molecule has 1 unspecified atom stereocenters. The predicted octanol–water partition coefficient (Wildman–Crippen LogP) is 4.39. The van der Waals surface area contributed by atoms with Crippen LogP contribution in [0.5, 0.6) is 0 Å². The van der Waals surface area contributed by atoms with Crippen LogP contribution in [0.15, 0.2) is 42.5 Å². The van der Waals surface area contributed by atoms with Gasteiger partial charge in [0, 0.05) is 24.7 Å². The third kappa shape index (κ3) is 4.19. The molecule has 2 fully saturated rings. The van der Waals surface area contributed by atoms with Crippen LogP contribution in [0.2, 0.25) is 0 Å². The number of nitriles is 1. The van der Waals surface area contributed by atoms with Crippen molar-refractivity contribution in [1.29, 1.82) is 5.26 Å². The van der Waals surface area contributed by atoms with Crippen LogP contribution in [-0.2, 0) is 0 Å². The summed E-state index contributed by atoms with van der Waals surface area (Å²) in [6, 6.07) is 12.8. The number of benzene rings is 2. The zero-order chi connectivity index (χ0) is 23.8. The summed E-state index contributed by atoms with van der Waals surface area (Å²) in [5.74, 6) is -0.984. The number of nitrogens with one attached hydrogen (secondary N) is 1. The Morgan fingerprint density at radius 1 is 1.12 bits per heavy atom. The maximum absolute atomic E-state index is 15.2. The Hall–Kier alpha value is -3.57. The zero-order valence-corrected chi connectivity index (χ0v) is 18.9. The molecular formula is C26H25F2N5O. The van der Waals surface area contributed by atoms with Gasteiger partial charge in [-0.25, -0.2) is 13.5 Å². The standard InChI is InChI=1S/C26H25F2N5O/c1-30-20-3-2-10-32(15-20)26(34)23-13-25(18-6-7-19(14-29)21(27)12-18)33(31-23)24-9-8-17(11-22(24)28)16-4-5-16/h6-9,11-13,16,20,30H,2-5,10,15H2,1H3. The lowest BCUT2D eigenvalue weighted by atomic mass is 10.1. The predicted molar refractivity (Wildman–Crippen MR) is 124 cm³/mol. The number of nitrogens with zero attached hydrogens (tertiary/aromatic N) is 4. The van der Waals surface area contributed by atoms with E-state index in [0.717, 1.165) is 31.2 Å². The van der Waals surface area contributed by atoms with E-state index in [2.05, 4.69) is 10.4 Å². The van der Waals surface area contributed by atoms with Gasteiger partial charge in [-0.3, -0.25) is 4.79 Å². The molecule has 1 N–H and O–H groups in total. The Kier molecular flexibility index (Phi) is 5.88. The molecule has 1 atom stereocenters. The second-order valence-electron chi connectivity index (χ2n) is 9.00. The summed E-state index contributed by atoms with van der Waals surface area (Å²) in [5.41, 5.74) is 2.00. The number of carbonyl (C=O) groups excluding carboxylic acids is 1. The summed E-state index contributed by atoms with van der Waals surface area (Å²) >= 11 is 0. The molecule has 174 valence electrons. The Bertz CT molecular complexity index is 1290. The van der Waals surface area contributed by atoms with Gasteiger partial charge in [0.25, 0.3) is 5.91 Å². The highest BCUT2D eigenvalue weighted by molar-refractivity contribution is 5.93. The van der Waals surface area contributed by atoms with Gasteiger partial charge in [-0.2, -0.15) is 10.4 Å². The average molecular weight is 462 g/mol. The van der Waals surface area contributed by atoms with Gasteiger partial charge < -0.3 is 10.2 Å². The van der Waals surface area contributed by atoms with E-state index in [1.54, 1.807) is 29.2 Å². The van der Waals surface area contributed by atoms with Crippen LogP contribution in [0.3, 0.4) is 0 Å². The molecule has 2 aliphatic rings. The van der Waals surface area contributed by atoms with Gasteiger partial charge in [-0.1, -0.05) is 12.1 Å². The van der Waals surface area contributed by atoms with E-state index >= 15 is 4.39 Å². The van der Waals surface area contributed by atoms with E-state index in [4.69, 9.17) is 5.26 Å². The van der Waals surface area contributed by atoms with E-state index in [1.165, 1.54) is 22.9 Å². The van der Waals surface area contributed by atoms with E-state index in [0.29, 0.717) is 30.3 Å². The highest BCUT2D eigenvalue weighted by Gasteiger charge is 2.28. The minimum atomic E-state index is -0.682. The van der Waals surface area contributed by atoms with Gasteiger partial charge in [0.2, 0.25) is 0 Å². The number of likely N-dealkylation sites (N-methyl/N-ethyl adjacent to an activating group) is 1. The molecule has 1 amide bonds. The van der Waals surface area contributed by atoms with E-state index in [1.807, 2.05) is 13.1 Å². The first-order valence-electron chi connectivity index (χ1n) is 11.5. The molecule has 34 heavy (non-hydrogen) atoms. The van der Waals surface area contributed by atoms with Crippen LogP contribution in [0.4, 0.5) is 8.78 Å². The molecule has 1 aromatic heterocycles. The monoisotopic (exact) mass is 461 g/mol. The van der Waals surface area contributed by atoms with Crippen LogP contribution < -0.4 is 5.32 Å². The number of rotatable bonds is 5. The zero-order valence-electron chi connectivity index (χ0n) is 18.9. The number of piperidine rings is 1. The Morgan fingerprint density at radius 2 is 1.94 bits per heavy atom. The van der Waals surface area contributed by atoms with E-state index in [-0.39, 0.29) is 28.9 Å². The van der Waals surface area contributed by atoms with Gasteiger partial charge in [-0.05, 0) is 74.5 Å². The molecule has 5 rings (SSSR count). The minimum absolute atomic E-state index is 0.0856. The van der Waals surface area contributed by atoms with Gasteiger partial charge >= 0.3 is 0 Å². The average Bonchev–Trinajstić information content (AvgIpc) is 3.62. The second-order valence-corrected chi connectivity index (χ2v) is 9.00. The summed E-state index contributed by atoms with van der Waals surface area (Å²) in [5, 5.41) is 16.8. The molecular weight excluding hydrogens is 436 g/mol. The van der Waals surface area contributed by atoms with Gasteiger partial charge in [0.05, 0.1) is 11.3 Å². The first-order chi connectivity index (χ1) is 16.5. The highest BCUT2D eigenvalue weighted by atomic mass is 19.1. The molecule has 1 aliphatic heterocycles. The fourth-order valence-electron chi connectivity index (χ4n) is 4.56. The van der Waals surface area contributed by atoms with Crippen molar-refractivity contribution < 1.29 is 13.6 Å². The molecule has 2 aromatic carbocycles. The number of likely N-dealkylation sites (tertiary alicyclic amines) is 1. The van der Waals surface area contributed by atoms with Gasteiger partial charge in [0.15, 0.2) is 5.69 Å². The second kappa shape index (κ2) is 8.99. The van der Waals surface area contributed by atoms with Gasteiger partial charge in [0.1, 0.15) is 23.4 Å². The number of hydrogen-bond donors (Lipinski definition) is 1. The number of hydrogen-bond acceptors (Lipinski definition) is 4. The van der Waals surface area contributed by atoms with Crippen molar-refractivity contribution in [2.45, 2.75) is 37.6 Å². The topological polar surface area (TPSA) is 74.0 Å². The Balaban J connectivity index is 1.58. The van der Waals surface area contributed by atoms with E-state index < -0.39 is 11.6 Å². The van der Waals surface area contributed by atoms with E-state index in [9.17, 15) is 9.18 Å². The molecule has 2 heterocycles. The van der Waals surface area contributed by atoms with Crippen LogP contribution in [0, 0.1) is 23.0 Å². The molecule has 0 radical (unpaired) electrons. The quantitative estimate of drug-likeness (QED) is 0.612. The third-order valence-corrected chi connectivity index (χ3v) is 6.68. The summed E-state index contributed by atoms with van der Waals surface area (Å²) in [4.78, 5) is 15.0. The fourth-order valence-corrected chi connectivity index (χ4v) is 4.56. The normalized spacial score (nSPS) is 18.1. The number of carbonyl (C=O) groups is 1. The lowest BCUT2D eigenvalue weighted by Crippen LogP contribution is -2.47. The summed E-state index contributed by atoms with van der Waals surface area (Å²) < 4.78 is 31.0. The summed E-state index contributed by atoms with van der Waals surface area (Å²) in [7, 11) is 1.87. The summed E-state index contributed by atoms with van der Waals surface area (Å²) in [6.07, 6.45) is 3.97. The van der Waals surface area contributed by atoms with Crippen molar-refractivity contribution in [3.63, 3.8) is 0 Å². The van der Waals surface area contributed by atoms with Crippen LogP contribution in [0.1, 0.15) is 53.2 Å². The van der Waals surface area contributed by atoms with Crippen LogP contribution >= 0.6 is 0 Å². The molecule has 3 aromatic rings. The van der Waals surface area contributed by atoms with Crippen molar-refractivity contribution >= 4 is 5.91 Å². The lowest BCUT2D eigenvalue weighted by molar-refractivity contribution is 0.0691. The molecule has 0 bridgehead atoms. The molecule has 0 spiro atoms. The smallest absolute Gasteiger partial charge is 0.274 e. The molecule has 1 saturated carbocycles. The Morgan fingerprint density at radius 3 is 2.62 bits per heavy atom. The molecule has 6 nitrogen and oxygen atoms in total. The minimum Gasteiger partial charge on any atom is -0.336 e. The van der Waals surface area contributed by atoms with Crippen molar-refractivity contribution in [1.82, 2.24) is 20.0 Å². The van der Waals surface area contributed by atoms with Crippen molar-refractivity contribution in [3.8, 4) is 23.0 Å². The van der Waals surface area contributed by atoms with Crippen molar-refractivity contribution in [3.05, 3.63) is 70.9 Å². The SMILES string of the molecule is CNC1CCCN(C(=O)c2cc(-c3ccc(C#N)c(F)c3)n(-c3ccc(C4CC4)cc3F)n2)C1. The van der Waals surface area contributed by atoms with Crippen LogP contribution in [-0.4, -0.2) is 46.8 Å². The number of amides is 1. The van der Waals surface area contributed by atoms with Gasteiger partial charge in [-0.15, -0.1) is 0 Å². The van der Waals surface area contributed by atoms with Crippen LogP contribution in [0.25, 0.3) is 16.9 Å². The largest absolute Gasteiger partial charge is 0.336 e. The lowest BCUT2D eigenvalue weighted by Gasteiger charge is -2.32. The molecule has 1 aliphatic carbocycles. The summed E-state index contributed by atoms with van der Waals surface area (Å²) in [6.45, 7) is 1.18. The number of aromatic nitrogens is 2. The Labute approximate surface area is 196 Å². The third-order valence-electron chi connectivity index (χ3n) is 6.68. The first kappa shape index (κ1) is 22.2. The fraction of sp³-hybridized carbons (Fsp3) is 0.346. The van der Waals surface area contributed by atoms with Crippen molar-refractivity contribution in [2.24, 2.45) is 0 Å². The maximum Gasteiger partial charge on any atom is 0.274 e. The highest BCUT2D eigenvalue weighted by Crippen LogP contribution is 2.41. The molecule has 8 heteroatoms. The maximum atomic E-state index is 15.2.